The summed E-state index contributed by atoms with van der Waals surface area (Å²) < 4.78 is 60.9. The average Bonchev–Trinajstić information content (AvgIpc) is 2.67. The van der Waals surface area contributed by atoms with Crippen LogP contribution < -0.4 is 10.5 Å². The normalized spacial score (nSPS) is 18.6. The number of nitrogens with zero attached hydrogens (tertiary/aromatic N) is 1. The number of nitrogens with two attached hydrogens (primary N) is 1. The van der Waals surface area contributed by atoms with Crippen molar-refractivity contribution in [2.24, 2.45) is 10.7 Å². The Hall–Kier alpha value is -3.14. The molecule has 0 fully saturated rings. The van der Waals surface area contributed by atoms with E-state index in [-0.39, 0.29) is 13.1 Å². The van der Waals surface area contributed by atoms with Crippen LogP contribution in [0.1, 0.15) is 12.5 Å². The van der Waals surface area contributed by atoms with Gasteiger partial charge in [-0.2, -0.15) is 13.2 Å². The number of carbonyl (C=O) groups is 1. The van der Waals surface area contributed by atoms with Gasteiger partial charge in [-0.15, -0.1) is 0 Å². The minimum atomic E-state index is -4.55. The summed E-state index contributed by atoms with van der Waals surface area (Å²) in [7, 11) is 0. The van der Waals surface area contributed by atoms with Gasteiger partial charge in [0.05, 0.1) is 6.61 Å². The molecule has 6 nitrogen and oxygen atoms in total. The first kappa shape index (κ1) is 23.1. The third-order valence-electron chi connectivity index (χ3n) is 4.16. The number of amidine groups is 1. The number of aliphatic imine (C=N–C) groups is 1. The van der Waals surface area contributed by atoms with E-state index < -0.39 is 29.9 Å². The minimum Gasteiger partial charge on any atom is -0.483 e. The summed E-state index contributed by atoms with van der Waals surface area (Å²) in [5.74, 6) is -0.923. The van der Waals surface area contributed by atoms with Crippen molar-refractivity contribution >= 4 is 12.3 Å². The lowest BCUT2D eigenvalue weighted by molar-refractivity contribution is -0.153. The van der Waals surface area contributed by atoms with E-state index in [1.807, 2.05) is 19.1 Å². The lowest BCUT2D eigenvalue weighted by atomic mass is 9.90. The molecular formula is C20H20F4N2O4. The van der Waals surface area contributed by atoms with E-state index in [1.165, 1.54) is 12.1 Å². The number of rotatable bonds is 4. The summed E-state index contributed by atoms with van der Waals surface area (Å²) in [6.07, 6.45) is -4.55. The van der Waals surface area contributed by atoms with Gasteiger partial charge in [-0.1, -0.05) is 24.3 Å². The van der Waals surface area contributed by atoms with Crippen LogP contribution in [0.25, 0.3) is 11.1 Å². The van der Waals surface area contributed by atoms with Gasteiger partial charge in [0, 0.05) is 0 Å². The van der Waals surface area contributed by atoms with E-state index >= 15 is 0 Å². The van der Waals surface area contributed by atoms with Crippen molar-refractivity contribution in [2.45, 2.75) is 18.6 Å². The van der Waals surface area contributed by atoms with Crippen molar-refractivity contribution < 1.29 is 36.9 Å². The molecule has 2 aromatic rings. The Kier molecular flexibility index (Phi) is 7.38. The van der Waals surface area contributed by atoms with Crippen LogP contribution in [0.15, 0.2) is 47.5 Å². The molecule has 0 radical (unpaired) electrons. The van der Waals surface area contributed by atoms with Gasteiger partial charge in [-0.05, 0) is 41.8 Å². The number of hydrogen-bond acceptors (Lipinski definition) is 5. The Bertz CT molecular complexity index is 918. The molecule has 162 valence electrons. The van der Waals surface area contributed by atoms with Gasteiger partial charge < -0.3 is 20.3 Å². The summed E-state index contributed by atoms with van der Waals surface area (Å²) in [5.41, 5.74) is 7.13. The molecule has 3 rings (SSSR count). The molecule has 0 aromatic heterocycles. The molecule has 0 amide bonds. The highest BCUT2D eigenvalue weighted by Crippen LogP contribution is 2.33. The van der Waals surface area contributed by atoms with Crippen molar-refractivity contribution in [1.82, 2.24) is 0 Å². The molecule has 0 saturated carbocycles. The molecule has 3 N–H and O–H groups in total. The number of benzene rings is 2. The second-order valence-corrected chi connectivity index (χ2v) is 6.61. The van der Waals surface area contributed by atoms with E-state index in [4.69, 9.17) is 20.4 Å². The lowest BCUT2D eigenvalue weighted by Crippen LogP contribution is -2.37. The number of carboxylic acid groups (broad SMARTS) is 1. The number of ether oxygens (including phenoxy) is 2. The smallest absolute Gasteiger partial charge is 0.422 e. The van der Waals surface area contributed by atoms with Gasteiger partial charge in [0.15, 0.2) is 18.2 Å². The maximum Gasteiger partial charge on any atom is 0.422 e. The molecule has 0 spiro atoms. The Balaban J connectivity index is 0.00000101. The van der Waals surface area contributed by atoms with E-state index in [2.05, 4.69) is 9.73 Å². The minimum absolute atomic E-state index is 0.250. The summed E-state index contributed by atoms with van der Waals surface area (Å²) in [4.78, 5) is 12.8. The van der Waals surface area contributed by atoms with Crippen LogP contribution in [-0.4, -0.2) is 43.4 Å². The fourth-order valence-electron chi connectivity index (χ4n) is 2.87. The molecule has 1 atom stereocenters. The van der Waals surface area contributed by atoms with Crippen LogP contribution in [0.2, 0.25) is 0 Å². The second-order valence-electron chi connectivity index (χ2n) is 6.61. The fourth-order valence-corrected chi connectivity index (χ4v) is 2.87. The van der Waals surface area contributed by atoms with E-state index in [9.17, 15) is 17.6 Å². The summed E-state index contributed by atoms with van der Waals surface area (Å²) >= 11 is 0. The van der Waals surface area contributed by atoms with Gasteiger partial charge in [0.1, 0.15) is 18.0 Å². The zero-order valence-corrected chi connectivity index (χ0v) is 15.9. The maximum absolute atomic E-state index is 13.8. The average molecular weight is 428 g/mol. The Morgan fingerprint density at radius 2 is 1.93 bits per heavy atom. The Labute approximate surface area is 169 Å². The van der Waals surface area contributed by atoms with Crippen molar-refractivity contribution in [3.05, 3.63) is 53.8 Å². The summed E-state index contributed by atoms with van der Waals surface area (Å²) in [6, 6.07) is 11.0. The molecule has 30 heavy (non-hydrogen) atoms. The van der Waals surface area contributed by atoms with Crippen LogP contribution in [0, 0.1) is 5.82 Å². The van der Waals surface area contributed by atoms with E-state index in [1.54, 1.807) is 12.1 Å². The van der Waals surface area contributed by atoms with Crippen LogP contribution in [0.5, 0.6) is 5.75 Å². The number of halogens is 4. The van der Waals surface area contributed by atoms with Crippen LogP contribution >= 0.6 is 0 Å². The monoisotopic (exact) mass is 428 g/mol. The van der Waals surface area contributed by atoms with Crippen LogP contribution in [-0.2, 0) is 15.1 Å². The van der Waals surface area contributed by atoms with E-state index in [0.29, 0.717) is 23.6 Å². The van der Waals surface area contributed by atoms with E-state index in [0.717, 1.165) is 11.6 Å². The van der Waals surface area contributed by atoms with Crippen LogP contribution in [0.4, 0.5) is 17.6 Å². The summed E-state index contributed by atoms with van der Waals surface area (Å²) in [6.45, 7) is 0.686. The molecule has 0 aliphatic carbocycles. The van der Waals surface area contributed by atoms with Gasteiger partial charge in [-0.3, -0.25) is 9.79 Å². The molecule has 1 unspecified atom stereocenters. The van der Waals surface area contributed by atoms with Gasteiger partial charge in [0.2, 0.25) is 0 Å². The molecule has 2 aromatic carbocycles. The predicted molar refractivity (Wildman–Crippen MR) is 102 cm³/mol. The zero-order chi connectivity index (χ0) is 22.4. The summed E-state index contributed by atoms with van der Waals surface area (Å²) in [5, 5.41) is 6.89. The molecule has 1 heterocycles. The number of alkyl halides is 3. The predicted octanol–water partition coefficient (Wildman–Crippen LogP) is 3.74. The molecule has 1 aliphatic rings. The van der Waals surface area contributed by atoms with Gasteiger partial charge in [0.25, 0.3) is 6.47 Å². The number of hydrogen-bond donors (Lipinski definition) is 2. The molecule has 0 saturated heterocycles. The Morgan fingerprint density at radius 3 is 2.57 bits per heavy atom. The first-order valence-electron chi connectivity index (χ1n) is 8.68. The van der Waals surface area contributed by atoms with Crippen LogP contribution in [0.3, 0.4) is 0 Å². The van der Waals surface area contributed by atoms with Crippen molar-refractivity contribution in [3.63, 3.8) is 0 Å². The lowest BCUT2D eigenvalue weighted by Gasteiger charge is -2.30. The zero-order valence-electron chi connectivity index (χ0n) is 15.9. The quantitative estimate of drug-likeness (QED) is 0.572. The molecule has 0 bridgehead atoms. The fraction of sp³-hybridized carbons (Fsp3) is 0.300. The maximum atomic E-state index is 13.8. The SMILES string of the molecule is CC1(c2cccc(-c3ccc(F)c(OCC(F)(F)F)c3)c2)COCC(N)=N1.O=CO. The highest BCUT2D eigenvalue weighted by molar-refractivity contribution is 5.82. The van der Waals surface area contributed by atoms with Gasteiger partial charge in [-0.25, -0.2) is 4.39 Å². The second kappa shape index (κ2) is 9.57. The first-order chi connectivity index (χ1) is 14.1. The topological polar surface area (TPSA) is 94.1 Å². The van der Waals surface area contributed by atoms with Crippen molar-refractivity contribution in [2.75, 3.05) is 19.8 Å². The van der Waals surface area contributed by atoms with Gasteiger partial charge >= 0.3 is 6.18 Å². The highest BCUT2D eigenvalue weighted by atomic mass is 19.4. The third kappa shape index (κ3) is 6.18. The largest absolute Gasteiger partial charge is 0.483 e. The Morgan fingerprint density at radius 1 is 1.27 bits per heavy atom. The standard InChI is InChI=1S/C19H18F4N2O2.CH2O2/c1-18(10-26-9-17(24)25-18)14-4-2-3-12(7-14)13-5-6-15(20)16(8-13)27-11-19(21,22)23;2-1-3/h2-8H,9-11H2,1H3,(H2,24,25);1H,(H,2,3). The molecule has 10 heteroatoms. The third-order valence-corrected chi connectivity index (χ3v) is 4.16. The molecule has 1 aliphatic heterocycles. The highest BCUT2D eigenvalue weighted by Gasteiger charge is 2.30. The first-order valence-corrected chi connectivity index (χ1v) is 8.68. The van der Waals surface area contributed by atoms with Crippen molar-refractivity contribution in [3.8, 4) is 16.9 Å². The van der Waals surface area contributed by atoms with Crippen molar-refractivity contribution in [1.29, 1.82) is 0 Å². The molecular weight excluding hydrogens is 408 g/mol.